The maximum atomic E-state index is 11.1. The number of nitriles is 1. The van der Waals surface area contributed by atoms with Crippen molar-refractivity contribution < 1.29 is 4.21 Å². The highest BCUT2D eigenvalue weighted by Crippen LogP contribution is 2.13. The Morgan fingerprint density at radius 1 is 1.35 bits per heavy atom. The molecule has 4 heteroatoms. The summed E-state index contributed by atoms with van der Waals surface area (Å²) >= 11 is 0. The van der Waals surface area contributed by atoms with Gasteiger partial charge in [-0.15, -0.1) is 0 Å². The molecule has 0 amide bonds. The molecule has 0 saturated heterocycles. The molecule has 0 fully saturated rings. The van der Waals surface area contributed by atoms with Gasteiger partial charge >= 0.3 is 0 Å². The second kappa shape index (κ2) is 6.53. The van der Waals surface area contributed by atoms with Crippen molar-refractivity contribution in [3.05, 3.63) is 35.4 Å². The van der Waals surface area contributed by atoms with Crippen LogP contribution < -0.4 is 5.32 Å². The van der Waals surface area contributed by atoms with E-state index in [0.29, 0.717) is 11.3 Å². The quantitative estimate of drug-likeness (QED) is 0.869. The number of hydrogen-bond acceptors (Lipinski definition) is 3. The maximum Gasteiger partial charge on any atom is 0.0991 e. The topological polar surface area (TPSA) is 52.9 Å². The summed E-state index contributed by atoms with van der Waals surface area (Å²) in [5, 5.41) is 12.1. The number of rotatable bonds is 5. The minimum absolute atomic E-state index is 0.196. The lowest BCUT2D eigenvalue weighted by Crippen LogP contribution is -2.33. The molecule has 1 N–H and O–H groups in total. The van der Waals surface area contributed by atoms with Gasteiger partial charge in [0.2, 0.25) is 0 Å². The molecule has 0 bridgehead atoms. The molecule has 1 rings (SSSR count). The summed E-state index contributed by atoms with van der Waals surface area (Å²) < 4.78 is 11.1. The fourth-order valence-electron chi connectivity index (χ4n) is 1.77. The van der Waals surface area contributed by atoms with E-state index in [9.17, 15) is 4.21 Å². The second-order valence-corrected chi connectivity index (χ2v) is 5.74. The third kappa shape index (κ3) is 4.68. The predicted molar refractivity (Wildman–Crippen MR) is 71.1 cm³/mol. The first-order valence-corrected chi connectivity index (χ1v) is 7.31. The van der Waals surface area contributed by atoms with E-state index in [0.717, 1.165) is 5.56 Å². The molecule has 0 aromatic heterocycles. The Kier molecular flexibility index (Phi) is 5.33. The fraction of sp³-hybridized carbons (Fsp3) is 0.462. The minimum Gasteiger partial charge on any atom is -0.307 e. The van der Waals surface area contributed by atoms with Crippen molar-refractivity contribution in [1.82, 2.24) is 5.32 Å². The van der Waals surface area contributed by atoms with Crippen molar-refractivity contribution >= 4 is 10.8 Å². The highest BCUT2D eigenvalue weighted by atomic mass is 32.2. The standard InChI is InChI=1S/C13H18N2OS/c1-10(9-17(3)16)15-11(2)13-6-4-12(8-14)5-7-13/h4-7,10-11,15H,9H2,1-3H3. The molecule has 1 aromatic carbocycles. The van der Waals surface area contributed by atoms with Crippen LogP contribution in [0.2, 0.25) is 0 Å². The number of nitrogens with one attached hydrogen (secondary N) is 1. The molecule has 3 nitrogen and oxygen atoms in total. The van der Waals surface area contributed by atoms with Crippen LogP contribution >= 0.6 is 0 Å². The van der Waals surface area contributed by atoms with Crippen LogP contribution in [-0.4, -0.2) is 22.3 Å². The van der Waals surface area contributed by atoms with Gasteiger partial charge in [0.15, 0.2) is 0 Å². The highest BCUT2D eigenvalue weighted by Gasteiger charge is 2.10. The van der Waals surface area contributed by atoms with Gasteiger partial charge in [0.05, 0.1) is 11.6 Å². The van der Waals surface area contributed by atoms with E-state index in [1.807, 2.05) is 31.2 Å². The van der Waals surface area contributed by atoms with Crippen molar-refractivity contribution in [2.75, 3.05) is 12.0 Å². The van der Waals surface area contributed by atoms with Gasteiger partial charge in [-0.05, 0) is 31.5 Å². The lowest BCUT2D eigenvalue weighted by atomic mass is 10.1. The van der Waals surface area contributed by atoms with Crippen LogP contribution in [0, 0.1) is 11.3 Å². The Balaban J connectivity index is 2.60. The summed E-state index contributed by atoms with van der Waals surface area (Å²) in [6.45, 7) is 4.10. The smallest absolute Gasteiger partial charge is 0.0991 e. The third-order valence-electron chi connectivity index (χ3n) is 2.56. The van der Waals surface area contributed by atoms with Crippen molar-refractivity contribution in [1.29, 1.82) is 5.26 Å². The Hall–Kier alpha value is -1.18. The van der Waals surface area contributed by atoms with Crippen molar-refractivity contribution in [2.45, 2.75) is 25.9 Å². The summed E-state index contributed by atoms with van der Waals surface area (Å²) in [6.07, 6.45) is 1.71. The Morgan fingerprint density at radius 3 is 2.41 bits per heavy atom. The van der Waals surface area contributed by atoms with Crippen LogP contribution in [0.15, 0.2) is 24.3 Å². The second-order valence-electron chi connectivity index (χ2n) is 4.26. The van der Waals surface area contributed by atoms with Crippen molar-refractivity contribution in [3.8, 4) is 6.07 Å². The summed E-state index contributed by atoms with van der Waals surface area (Å²) in [4.78, 5) is 0. The van der Waals surface area contributed by atoms with Gasteiger partial charge in [-0.25, -0.2) is 0 Å². The third-order valence-corrected chi connectivity index (χ3v) is 3.53. The molecule has 0 heterocycles. The zero-order valence-corrected chi connectivity index (χ0v) is 11.3. The Labute approximate surface area is 105 Å². The highest BCUT2D eigenvalue weighted by molar-refractivity contribution is 7.84. The lowest BCUT2D eigenvalue weighted by Gasteiger charge is -2.19. The minimum atomic E-state index is -0.779. The van der Waals surface area contributed by atoms with Gasteiger partial charge in [-0.3, -0.25) is 4.21 Å². The number of hydrogen-bond donors (Lipinski definition) is 1. The van der Waals surface area contributed by atoms with E-state index >= 15 is 0 Å². The van der Waals surface area contributed by atoms with Crippen LogP contribution in [0.1, 0.15) is 31.0 Å². The monoisotopic (exact) mass is 250 g/mol. The molecule has 17 heavy (non-hydrogen) atoms. The molecular formula is C13H18N2OS. The predicted octanol–water partition coefficient (Wildman–Crippen LogP) is 1.98. The molecule has 0 aliphatic heterocycles. The molecule has 0 radical (unpaired) electrons. The first-order chi connectivity index (χ1) is 8.02. The molecule has 3 atom stereocenters. The molecule has 3 unspecified atom stereocenters. The van der Waals surface area contributed by atoms with Crippen LogP contribution in [-0.2, 0) is 10.8 Å². The largest absolute Gasteiger partial charge is 0.307 e. The average Bonchev–Trinajstić information content (AvgIpc) is 2.28. The van der Waals surface area contributed by atoms with E-state index in [4.69, 9.17) is 5.26 Å². The van der Waals surface area contributed by atoms with Crippen LogP contribution in [0.4, 0.5) is 0 Å². The summed E-state index contributed by atoms with van der Waals surface area (Å²) in [6, 6.07) is 10.0. The first-order valence-electron chi connectivity index (χ1n) is 5.59. The molecule has 0 aliphatic rings. The molecule has 92 valence electrons. The summed E-state index contributed by atoms with van der Waals surface area (Å²) in [5.41, 5.74) is 1.81. The van der Waals surface area contributed by atoms with Gasteiger partial charge in [0.25, 0.3) is 0 Å². The molecule has 0 aliphatic carbocycles. The van der Waals surface area contributed by atoms with Crippen molar-refractivity contribution in [2.24, 2.45) is 0 Å². The molecule has 0 saturated carbocycles. The Bertz CT molecular complexity index is 422. The molecular weight excluding hydrogens is 232 g/mol. The van der Waals surface area contributed by atoms with E-state index in [1.165, 1.54) is 0 Å². The summed E-state index contributed by atoms with van der Waals surface area (Å²) in [7, 11) is -0.779. The van der Waals surface area contributed by atoms with Crippen LogP contribution in [0.3, 0.4) is 0 Å². The lowest BCUT2D eigenvalue weighted by molar-refractivity contribution is 0.508. The van der Waals surface area contributed by atoms with E-state index < -0.39 is 10.8 Å². The Morgan fingerprint density at radius 2 is 1.94 bits per heavy atom. The van der Waals surface area contributed by atoms with Crippen molar-refractivity contribution in [3.63, 3.8) is 0 Å². The van der Waals surface area contributed by atoms with Gasteiger partial charge in [-0.1, -0.05) is 12.1 Å². The maximum absolute atomic E-state index is 11.1. The fourth-order valence-corrected chi connectivity index (χ4v) is 2.57. The van der Waals surface area contributed by atoms with Crippen LogP contribution in [0.25, 0.3) is 0 Å². The van der Waals surface area contributed by atoms with Gasteiger partial charge < -0.3 is 5.32 Å². The molecule has 0 spiro atoms. The van der Waals surface area contributed by atoms with E-state index in [-0.39, 0.29) is 12.1 Å². The summed E-state index contributed by atoms with van der Waals surface area (Å²) in [5.74, 6) is 0.653. The number of nitrogens with zero attached hydrogens (tertiary/aromatic N) is 1. The van der Waals surface area contributed by atoms with Gasteiger partial charge in [0.1, 0.15) is 0 Å². The zero-order chi connectivity index (χ0) is 12.8. The number of benzene rings is 1. The normalized spacial score (nSPS) is 15.9. The van der Waals surface area contributed by atoms with Gasteiger partial charge in [-0.2, -0.15) is 5.26 Å². The van der Waals surface area contributed by atoms with Crippen LogP contribution in [0.5, 0.6) is 0 Å². The molecule has 1 aromatic rings. The van der Waals surface area contributed by atoms with E-state index in [1.54, 1.807) is 6.26 Å². The van der Waals surface area contributed by atoms with Gasteiger partial charge in [0, 0.05) is 34.9 Å². The van der Waals surface area contributed by atoms with E-state index in [2.05, 4.69) is 18.3 Å². The SMILES string of the molecule is CC(CS(C)=O)NC(C)c1ccc(C#N)cc1. The average molecular weight is 250 g/mol. The zero-order valence-electron chi connectivity index (χ0n) is 10.4. The first kappa shape index (κ1) is 13.9.